The van der Waals surface area contributed by atoms with Crippen LogP contribution in [0.4, 0.5) is 14.5 Å². The minimum atomic E-state index is -4.02. The molecule has 0 unspecified atom stereocenters. The minimum Gasteiger partial charge on any atom is -0.258 e. The van der Waals surface area contributed by atoms with Crippen LogP contribution in [0.1, 0.15) is 23.8 Å². The number of para-hydroxylation sites is 1. The number of nitrogens with zero attached hydrogens (tertiary/aromatic N) is 4. The van der Waals surface area contributed by atoms with E-state index in [-0.39, 0.29) is 29.5 Å². The maximum Gasteiger partial charge on any atom is 0.289 e. The maximum absolute atomic E-state index is 14.0. The smallest absolute Gasteiger partial charge is 0.258 e. The molecule has 1 aliphatic heterocycles. The largest absolute Gasteiger partial charge is 0.289 e. The highest BCUT2D eigenvalue weighted by atomic mass is 32.2. The van der Waals surface area contributed by atoms with Gasteiger partial charge in [0.25, 0.3) is 5.69 Å². The molecule has 1 saturated heterocycles. The first-order valence-corrected chi connectivity index (χ1v) is 11.6. The van der Waals surface area contributed by atoms with E-state index in [1.165, 1.54) is 39.9 Å². The van der Waals surface area contributed by atoms with Crippen LogP contribution < -0.4 is 0 Å². The monoisotopic (exact) mass is 466 g/mol. The molecular weight excluding hydrogens is 450 g/mol. The van der Waals surface area contributed by atoms with Gasteiger partial charge in [0.15, 0.2) is 9.90 Å². The molecule has 2 heterocycles. The molecule has 8 nitrogen and oxygen atoms in total. The minimum absolute atomic E-state index is 0.0769. The fraction of sp³-hybridized carbons (Fsp3) is 0.263. The van der Waals surface area contributed by atoms with Gasteiger partial charge < -0.3 is 0 Å². The number of benzene rings is 2. The quantitative estimate of drug-likeness (QED) is 0.416. The van der Waals surface area contributed by atoms with E-state index >= 15 is 0 Å². The summed E-state index contributed by atoms with van der Waals surface area (Å²) in [4.78, 5) is 10.2. The second-order valence-electron chi connectivity index (χ2n) is 6.97. The van der Waals surface area contributed by atoms with Gasteiger partial charge in [-0.2, -0.15) is 4.31 Å². The van der Waals surface area contributed by atoms with Crippen LogP contribution in [0, 0.1) is 21.7 Å². The summed E-state index contributed by atoms with van der Waals surface area (Å²) in [5, 5.41) is 20.3. The van der Waals surface area contributed by atoms with Gasteiger partial charge in [0.05, 0.1) is 4.92 Å². The normalized spacial score (nSPS) is 15.8. The van der Waals surface area contributed by atoms with E-state index in [9.17, 15) is 27.3 Å². The van der Waals surface area contributed by atoms with Crippen LogP contribution in [0.2, 0.25) is 0 Å². The molecule has 0 atom stereocenters. The van der Waals surface area contributed by atoms with Gasteiger partial charge in [-0.3, -0.25) is 10.1 Å². The fourth-order valence-corrected chi connectivity index (χ4v) is 6.15. The summed E-state index contributed by atoms with van der Waals surface area (Å²) in [6.07, 6.45) is 0.890. The van der Waals surface area contributed by atoms with Crippen molar-refractivity contribution in [1.82, 2.24) is 14.5 Å². The predicted octanol–water partition coefficient (Wildman–Crippen LogP) is 3.96. The van der Waals surface area contributed by atoms with E-state index in [0.29, 0.717) is 22.9 Å². The summed E-state index contributed by atoms with van der Waals surface area (Å²) in [5.41, 5.74) is -0.304. The van der Waals surface area contributed by atoms with Gasteiger partial charge >= 0.3 is 0 Å². The molecule has 3 aromatic rings. The van der Waals surface area contributed by atoms with Gasteiger partial charge in [-0.15, -0.1) is 10.2 Å². The Morgan fingerprint density at radius 3 is 2.48 bits per heavy atom. The van der Waals surface area contributed by atoms with E-state index in [0.717, 1.165) is 18.2 Å². The number of nitro groups is 1. The third-order valence-electron chi connectivity index (χ3n) is 5.09. The Morgan fingerprint density at radius 1 is 1.10 bits per heavy atom. The van der Waals surface area contributed by atoms with E-state index in [4.69, 9.17) is 0 Å². The first-order chi connectivity index (χ1) is 14.8. The number of hydrogen-bond acceptors (Lipinski definition) is 7. The second kappa shape index (κ2) is 8.36. The molecule has 4 rings (SSSR count). The molecular formula is C19H16F2N4O4S2. The molecule has 1 fully saturated rings. The zero-order valence-electron chi connectivity index (χ0n) is 15.9. The molecule has 0 spiro atoms. The molecule has 0 saturated carbocycles. The van der Waals surface area contributed by atoms with Crippen LogP contribution in [-0.2, 0) is 10.0 Å². The summed E-state index contributed by atoms with van der Waals surface area (Å²) < 4.78 is 54.2. The number of aromatic nitrogens is 2. The summed E-state index contributed by atoms with van der Waals surface area (Å²) in [7, 11) is -4.02. The Balaban J connectivity index is 1.50. The number of rotatable bonds is 5. The van der Waals surface area contributed by atoms with Gasteiger partial charge in [0, 0.05) is 36.7 Å². The highest BCUT2D eigenvalue weighted by Crippen LogP contribution is 2.36. The third-order valence-corrected chi connectivity index (χ3v) is 8.15. The molecule has 31 heavy (non-hydrogen) atoms. The second-order valence-corrected chi connectivity index (χ2v) is 9.89. The van der Waals surface area contributed by atoms with Crippen molar-refractivity contribution in [2.24, 2.45) is 0 Å². The summed E-state index contributed by atoms with van der Waals surface area (Å²) in [5.74, 6) is -1.49. The molecule has 0 aliphatic carbocycles. The standard InChI is InChI=1S/C19H16F2N4O4S2/c20-13-5-6-14(15(21)11-13)19-23-22-18(30-19)12-7-9-24(10-8-12)31(28,29)17-4-2-1-3-16(17)25(26)27/h1-6,11-12H,7-10H2. The maximum atomic E-state index is 14.0. The van der Waals surface area contributed by atoms with Gasteiger partial charge in [0.1, 0.15) is 16.6 Å². The molecule has 2 aromatic carbocycles. The van der Waals surface area contributed by atoms with Crippen molar-refractivity contribution < 1.29 is 22.1 Å². The zero-order valence-corrected chi connectivity index (χ0v) is 17.6. The molecule has 0 bridgehead atoms. The Hall–Kier alpha value is -2.83. The van der Waals surface area contributed by atoms with Crippen LogP contribution >= 0.6 is 11.3 Å². The molecule has 12 heteroatoms. The topological polar surface area (TPSA) is 106 Å². The highest BCUT2D eigenvalue weighted by molar-refractivity contribution is 7.89. The van der Waals surface area contributed by atoms with E-state index in [2.05, 4.69) is 10.2 Å². The average molecular weight is 466 g/mol. The Labute approximate surface area is 180 Å². The van der Waals surface area contributed by atoms with Crippen LogP contribution in [0.3, 0.4) is 0 Å². The lowest BCUT2D eigenvalue weighted by atomic mass is 9.99. The van der Waals surface area contributed by atoms with Gasteiger partial charge in [-0.1, -0.05) is 23.5 Å². The molecule has 162 valence electrons. The van der Waals surface area contributed by atoms with Crippen molar-refractivity contribution in [3.63, 3.8) is 0 Å². The van der Waals surface area contributed by atoms with Gasteiger partial charge in [-0.05, 0) is 31.0 Å². The van der Waals surface area contributed by atoms with E-state index in [1.807, 2.05) is 0 Å². The lowest BCUT2D eigenvalue weighted by Gasteiger charge is -2.29. The third kappa shape index (κ3) is 4.18. The Bertz CT molecular complexity index is 1240. The summed E-state index contributed by atoms with van der Waals surface area (Å²) in [6, 6.07) is 8.49. The SMILES string of the molecule is O=[N+]([O-])c1ccccc1S(=O)(=O)N1CCC(c2nnc(-c3ccc(F)cc3F)s2)CC1. The zero-order chi connectivity index (χ0) is 22.2. The Kier molecular flexibility index (Phi) is 5.77. The molecule has 0 N–H and O–H groups in total. The number of piperidine rings is 1. The number of hydrogen-bond donors (Lipinski definition) is 0. The van der Waals surface area contributed by atoms with Crippen molar-refractivity contribution in [3.8, 4) is 10.6 Å². The van der Waals surface area contributed by atoms with Crippen molar-refractivity contribution in [1.29, 1.82) is 0 Å². The molecule has 0 radical (unpaired) electrons. The fourth-order valence-electron chi connectivity index (χ4n) is 3.48. The van der Waals surface area contributed by atoms with Crippen molar-refractivity contribution in [2.45, 2.75) is 23.7 Å². The van der Waals surface area contributed by atoms with Crippen LogP contribution in [0.15, 0.2) is 47.4 Å². The predicted molar refractivity (Wildman–Crippen MR) is 109 cm³/mol. The number of halogens is 2. The highest BCUT2D eigenvalue weighted by Gasteiger charge is 2.35. The van der Waals surface area contributed by atoms with Crippen LogP contribution in [0.5, 0.6) is 0 Å². The van der Waals surface area contributed by atoms with Crippen LogP contribution in [0.25, 0.3) is 10.6 Å². The van der Waals surface area contributed by atoms with Gasteiger partial charge in [0.2, 0.25) is 10.0 Å². The first-order valence-electron chi connectivity index (χ1n) is 9.30. The number of nitro benzene ring substituents is 1. The molecule has 1 aliphatic rings. The van der Waals surface area contributed by atoms with Crippen molar-refractivity contribution in [3.05, 3.63) is 69.2 Å². The average Bonchev–Trinajstić information content (AvgIpc) is 3.23. The first kappa shape index (κ1) is 21.4. The lowest BCUT2D eigenvalue weighted by Crippen LogP contribution is -2.38. The van der Waals surface area contributed by atoms with Crippen molar-refractivity contribution >= 4 is 27.0 Å². The Morgan fingerprint density at radius 2 is 1.81 bits per heavy atom. The van der Waals surface area contributed by atoms with E-state index < -0.39 is 32.3 Å². The summed E-state index contributed by atoms with van der Waals surface area (Å²) >= 11 is 1.18. The van der Waals surface area contributed by atoms with Crippen molar-refractivity contribution in [2.75, 3.05) is 13.1 Å². The number of sulfonamides is 1. The van der Waals surface area contributed by atoms with Crippen LogP contribution in [-0.4, -0.2) is 40.9 Å². The molecule has 1 aromatic heterocycles. The molecule has 0 amide bonds. The summed E-state index contributed by atoms with van der Waals surface area (Å²) in [6.45, 7) is 0.331. The van der Waals surface area contributed by atoms with E-state index in [1.54, 1.807) is 0 Å². The lowest BCUT2D eigenvalue weighted by molar-refractivity contribution is -0.387. The van der Waals surface area contributed by atoms with Gasteiger partial charge in [-0.25, -0.2) is 17.2 Å².